The third kappa shape index (κ3) is 0.621. The summed E-state index contributed by atoms with van der Waals surface area (Å²) >= 11 is 0. The number of aromatic amines is 1. The second kappa shape index (κ2) is 1.70. The second-order valence-electron chi connectivity index (χ2n) is 1.89. The van der Waals surface area contributed by atoms with E-state index in [1.54, 1.807) is 6.07 Å². The summed E-state index contributed by atoms with van der Waals surface area (Å²) in [4.78, 5) is 10.6. The van der Waals surface area contributed by atoms with Gasteiger partial charge in [-0.2, -0.15) is 5.10 Å². The minimum Gasteiger partial charge on any atom is -0.419 e. The maximum absolute atomic E-state index is 10.6. The van der Waals surface area contributed by atoms with Gasteiger partial charge in [-0.05, 0) is 6.07 Å². The minimum atomic E-state index is -0.353. The van der Waals surface area contributed by atoms with Crippen LogP contribution in [0.1, 0.15) is 0 Å². The maximum Gasteiger partial charge on any atom is 0.336 e. The molecule has 0 radical (unpaired) electrons. The van der Waals surface area contributed by atoms with Gasteiger partial charge in [0.25, 0.3) is 0 Å². The number of aromatic nitrogens is 2. The highest BCUT2D eigenvalue weighted by atomic mass is 16.4. The Morgan fingerprint density at radius 3 is 3.30 bits per heavy atom. The maximum atomic E-state index is 10.6. The van der Waals surface area contributed by atoms with E-state index in [1.807, 2.05) is 0 Å². The molecule has 0 saturated carbocycles. The van der Waals surface area contributed by atoms with Crippen LogP contribution in [-0.2, 0) is 0 Å². The standard InChI is InChI=1S/C6H4N2O2/c9-6-2-1-4-5(10-6)3-7-8-4/h1-3H,(H,7,8). The Hall–Kier alpha value is -1.58. The van der Waals surface area contributed by atoms with Crippen molar-refractivity contribution >= 4 is 11.1 Å². The fraction of sp³-hybridized carbons (Fsp3) is 0. The Kier molecular flexibility index (Phi) is 0.887. The average molecular weight is 136 g/mol. The number of nitrogens with one attached hydrogen (secondary N) is 1. The van der Waals surface area contributed by atoms with Crippen molar-refractivity contribution in [3.63, 3.8) is 0 Å². The van der Waals surface area contributed by atoms with Crippen LogP contribution in [0.2, 0.25) is 0 Å². The van der Waals surface area contributed by atoms with Crippen molar-refractivity contribution in [2.75, 3.05) is 0 Å². The van der Waals surface area contributed by atoms with Crippen LogP contribution < -0.4 is 5.63 Å². The fourth-order valence-corrected chi connectivity index (χ4v) is 0.780. The number of hydrogen-bond donors (Lipinski definition) is 1. The van der Waals surface area contributed by atoms with Gasteiger partial charge in [0, 0.05) is 6.07 Å². The minimum absolute atomic E-state index is 0.353. The van der Waals surface area contributed by atoms with Gasteiger partial charge in [0.05, 0.1) is 6.20 Å². The molecule has 4 heteroatoms. The molecule has 2 heterocycles. The predicted molar refractivity (Wildman–Crippen MR) is 34.6 cm³/mol. The van der Waals surface area contributed by atoms with Gasteiger partial charge in [0.2, 0.25) is 0 Å². The van der Waals surface area contributed by atoms with Crippen molar-refractivity contribution in [1.82, 2.24) is 10.2 Å². The lowest BCUT2D eigenvalue weighted by molar-refractivity contribution is 0.561. The van der Waals surface area contributed by atoms with Crippen molar-refractivity contribution in [3.8, 4) is 0 Å². The molecular formula is C6H4N2O2. The van der Waals surface area contributed by atoms with E-state index in [2.05, 4.69) is 10.2 Å². The van der Waals surface area contributed by atoms with Gasteiger partial charge in [0.1, 0.15) is 5.52 Å². The Morgan fingerprint density at radius 2 is 2.40 bits per heavy atom. The van der Waals surface area contributed by atoms with Crippen LogP contribution in [0.4, 0.5) is 0 Å². The molecule has 0 spiro atoms. The van der Waals surface area contributed by atoms with E-state index < -0.39 is 0 Å². The van der Waals surface area contributed by atoms with Gasteiger partial charge < -0.3 is 4.42 Å². The highest BCUT2D eigenvalue weighted by Gasteiger charge is 1.95. The Bertz CT molecular complexity index is 401. The van der Waals surface area contributed by atoms with E-state index in [-0.39, 0.29) is 5.63 Å². The van der Waals surface area contributed by atoms with E-state index in [4.69, 9.17) is 4.42 Å². The zero-order valence-corrected chi connectivity index (χ0v) is 5.00. The van der Waals surface area contributed by atoms with Gasteiger partial charge in [-0.25, -0.2) is 4.79 Å². The Morgan fingerprint density at radius 1 is 1.50 bits per heavy atom. The number of fused-ring (bicyclic) bond motifs is 1. The number of hydrogen-bond acceptors (Lipinski definition) is 3. The van der Waals surface area contributed by atoms with E-state index in [0.717, 1.165) is 0 Å². The molecule has 0 aromatic carbocycles. The lowest BCUT2D eigenvalue weighted by Crippen LogP contribution is -1.92. The predicted octanol–water partition coefficient (Wildman–Crippen LogP) is 0.516. The summed E-state index contributed by atoms with van der Waals surface area (Å²) in [5.41, 5.74) is 0.806. The number of H-pyrrole nitrogens is 1. The summed E-state index contributed by atoms with van der Waals surface area (Å²) < 4.78 is 4.75. The first kappa shape index (κ1) is 5.22. The van der Waals surface area contributed by atoms with Crippen molar-refractivity contribution in [1.29, 1.82) is 0 Å². The third-order valence-corrected chi connectivity index (χ3v) is 1.22. The first-order valence-corrected chi connectivity index (χ1v) is 2.80. The molecule has 2 aromatic heterocycles. The molecule has 2 rings (SSSR count). The molecule has 0 fully saturated rings. The summed E-state index contributed by atoms with van der Waals surface area (Å²) in [6.45, 7) is 0. The summed E-state index contributed by atoms with van der Waals surface area (Å²) in [6, 6.07) is 2.95. The van der Waals surface area contributed by atoms with E-state index in [9.17, 15) is 4.79 Å². The van der Waals surface area contributed by atoms with Crippen LogP contribution >= 0.6 is 0 Å². The van der Waals surface area contributed by atoms with Gasteiger partial charge in [-0.3, -0.25) is 5.10 Å². The molecule has 0 bridgehead atoms. The lowest BCUT2D eigenvalue weighted by atomic mass is 10.4. The van der Waals surface area contributed by atoms with Crippen LogP contribution in [0.15, 0.2) is 27.5 Å². The van der Waals surface area contributed by atoms with E-state index in [1.165, 1.54) is 12.3 Å². The molecule has 0 atom stereocenters. The molecule has 0 aliphatic carbocycles. The smallest absolute Gasteiger partial charge is 0.336 e. The quantitative estimate of drug-likeness (QED) is 0.574. The molecular weight excluding hydrogens is 132 g/mol. The van der Waals surface area contributed by atoms with Gasteiger partial charge in [-0.15, -0.1) is 0 Å². The molecule has 0 saturated heterocycles. The lowest BCUT2D eigenvalue weighted by Gasteiger charge is -1.80. The van der Waals surface area contributed by atoms with Gasteiger partial charge in [0.15, 0.2) is 5.58 Å². The van der Waals surface area contributed by atoms with Crippen LogP contribution in [0, 0.1) is 0 Å². The van der Waals surface area contributed by atoms with Crippen LogP contribution in [0.25, 0.3) is 11.1 Å². The topological polar surface area (TPSA) is 58.9 Å². The average Bonchev–Trinajstić information content (AvgIpc) is 2.33. The van der Waals surface area contributed by atoms with E-state index >= 15 is 0 Å². The number of nitrogens with zero attached hydrogens (tertiary/aromatic N) is 1. The van der Waals surface area contributed by atoms with Crippen molar-refractivity contribution in [3.05, 3.63) is 28.7 Å². The van der Waals surface area contributed by atoms with Crippen LogP contribution in [-0.4, -0.2) is 10.2 Å². The Labute approximate surface area is 55.5 Å². The second-order valence-corrected chi connectivity index (χ2v) is 1.89. The zero-order chi connectivity index (χ0) is 6.97. The summed E-state index contributed by atoms with van der Waals surface area (Å²) in [5.74, 6) is 0. The van der Waals surface area contributed by atoms with Gasteiger partial charge >= 0.3 is 5.63 Å². The molecule has 0 aliphatic rings. The summed E-state index contributed by atoms with van der Waals surface area (Å²) in [6.07, 6.45) is 1.54. The molecule has 4 nitrogen and oxygen atoms in total. The first-order valence-electron chi connectivity index (χ1n) is 2.80. The normalized spacial score (nSPS) is 10.4. The highest BCUT2D eigenvalue weighted by molar-refractivity contribution is 5.69. The van der Waals surface area contributed by atoms with Crippen molar-refractivity contribution in [2.45, 2.75) is 0 Å². The molecule has 10 heavy (non-hydrogen) atoms. The fourth-order valence-electron chi connectivity index (χ4n) is 0.780. The molecule has 2 aromatic rings. The molecule has 1 N–H and O–H groups in total. The first-order chi connectivity index (χ1) is 4.86. The van der Waals surface area contributed by atoms with E-state index in [0.29, 0.717) is 11.1 Å². The highest BCUT2D eigenvalue weighted by Crippen LogP contribution is 2.04. The molecule has 0 aliphatic heterocycles. The number of rotatable bonds is 0. The monoisotopic (exact) mass is 136 g/mol. The van der Waals surface area contributed by atoms with Crippen LogP contribution in [0.3, 0.4) is 0 Å². The zero-order valence-electron chi connectivity index (χ0n) is 5.00. The molecule has 50 valence electrons. The Balaban J connectivity index is 2.99. The van der Waals surface area contributed by atoms with Crippen molar-refractivity contribution < 1.29 is 4.42 Å². The molecule has 0 amide bonds. The summed E-state index contributed by atoms with van der Waals surface area (Å²) in [5, 5.41) is 6.38. The summed E-state index contributed by atoms with van der Waals surface area (Å²) in [7, 11) is 0. The SMILES string of the molecule is O=c1ccc2n[nH]cc2o1. The largest absolute Gasteiger partial charge is 0.419 e. The van der Waals surface area contributed by atoms with Crippen molar-refractivity contribution in [2.24, 2.45) is 0 Å². The third-order valence-electron chi connectivity index (χ3n) is 1.22. The molecule has 0 unspecified atom stereocenters. The van der Waals surface area contributed by atoms with Gasteiger partial charge in [-0.1, -0.05) is 0 Å². The van der Waals surface area contributed by atoms with Crippen LogP contribution in [0.5, 0.6) is 0 Å².